The normalized spacial score (nSPS) is 29.6. The van der Waals surface area contributed by atoms with E-state index in [0.717, 1.165) is 31.5 Å². The van der Waals surface area contributed by atoms with Gasteiger partial charge in [-0.2, -0.15) is 0 Å². The number of benzene rings is 1. The Kier molecular flexibility index (Phi) is 3.59. The number of nitrogens with zero attached hydrogens (tertiary/aromatic N) is 1. The number of likely N-dealkylation sites (tertiary alicyclic amines) is 1. The molecule has 2 aliphatic rings. The molecule has 1 heterocycles. The van der Waals surface area contributed by atoms with Crippen LogP contribution < -0.4 is 0 Å². The number of halogens is 2. The predicted octanol–water partition coefficient (Wildman–Crippen LogP) is 3.59. The molecule has 1 atom stereocenters. The summed E-state index contributed by atoms with van der Waals surface area (Å²) in [6, 6.07) is 3.47. The van der Waals surface area contributed by atoms with Crippen LogP contribution in [0.4, 0.5) is 4.39 Å². The third kappa shape index (κ3) is 2.13. The first kappa shape index (κ1) is 15.3. The maximum absolute atomic E-state index is 14.7. The molecule has 1 aliphatic heterocycles. The molecular formula is C17H23ClFNO. The fraction of sp³-hybridized carbons (Fsp3) is 0.647. The first-order chi connectivity index (χ1) is 9.77. The molecule has 4 heteroatoms. The molecule has 0 aromatic heterocycles. The number of rotatable bonds is 1. The van der Waals surface area contributed by atoms with Crippen LogP contribution in [0.1, 0.15) is 37.8 Å². The number of fused-ring (bicyclic) bond motifs is 1. The maximum atomic E-state index is 14.7. The van der Waals surface area contributed by atoms with Crippen LogP contribution in [0.25, 0.3) is 0 Å². The molecule has 1 N–H and O–H groups in total. The van der Waals surface area contributed by atoms with Gasteiger partial charge >= 0.3 is 0 Å². The zero-order chi connectivity index (χ0) is 15.4. The van der Waals surface area contributed by atoms with Crippen molar-refractivity contribution in [1.82, 2.24) is 4.90 Å². The molecule has 1 unspecified atom stereocenters. The molecule has 0 bridgehead atoms. The van der Waals surface area contributed by atoms with E-state index in [1.54, 1.807) is 6.07 Å². The molecule has 0 saturated carbocycles. The third-order valence-corrected chi connectivity index (χ3v) is 5.83. The van der Waals surface area contributed by atoms with E-state index in [9.17, 15) is 9.50 Å². The highest BCUT2D eigenvalue weighted by atomic mass is 35.5. The van der Waals surface area contributed by atoms with Crippen LogP contribution in [0.5, 0.6) is 0 Å². The molecule has 0 spiro atoms. The van der Waals surface area contributed by atoms with Crippen LogP contribution in [0.2, 0.25) is 5.02 Å². The van der Waals surface area contributed by atoms with Gasteiger partial charge in [0.05, 0.1) is 5.02 Å². The molecule has 0 amide bonds. The standard InChI is InChI=1S/C17H23ClFNO/c1-16(2)10-11-4-5-13(18)15(19)14(11)17(16,21)12-6-8-20(3)9-7-12/h4-5,12,21H,6-10H2,1-3H3. The van der Waals surface area contributed by atoms with Crippen LogP contribution >= 0.6 is 11.6 Å². The second-order valence-electron chi connectivity index (χ2n) is 7.30. The van der Waals surface area contributed by atoms with Crippen molar-refractivity contribution in [3.05, 3.63) is 34.1 Å². The number of hydrogen-bond acceptors (Lipinski definition) is 2. The van der Waals surface area contributed by atoms with Gasteiger partial charge in [-0.3, -0.25) is 0 Å². The highest BCUT2D eigenvalue weighted by Gasteiger charge is 2.57. The Balaban J connectivity index is 2.10. The fourth-order valence-corrected chi connectivity index (χ4v) is 4.44. The second kappa shape index (κ2) is 4.94. The quantitative estimate of drug-likeness (QED) is 0.857. The van der Waals surface area contributed by atoms with Crippen molar-refractivity contribution < 1.29 is 9.50 Å². The molecular weight excluding hydrogens is 289 g/mol. The molecule has 21 heavy (non-hydrogen) atoms. The summed E-state index contributed by atoms with van der Waals surface area (Å²) in [6.07, 6.45) is 2.48. The third-order valence-electron chi connectivity index (χ3n) is 5.54. The van der Waals surface area contributed by atoms with Gasteiger partial charge in [-0.25, -0.2) is 4.39 Å². The lowest BCUT2D eigenvalue weighted by Crippen LogP contribution is -2.49. The zero-order valence-electron chi connectivity index (χ0n) is 12.9. The van der Waals surface area contributed by atoms with E-state index >= 15 is 0 Å². The van der Waals surface area contributed by atoms with Crippen molar-refractivity contribution in [3.8, 4) is 0 Å². The Morgan fingerprint density at radius 3 is 2.52 bits per heavy atom. The van der Waals surface area contributed by atoms with E-state index < -0.39 is 11.4 Å². The van der Waals surface area contributed by atoms with Gasteiger partial charge in [0, 0.05) is 11.0 Å². The van der Waals surface area contributed by atoms with Gasteiger partial charge < -0.3 is 10.0 Å². The van der Waals surface area contributed by atoms with Gasteiger partial charge in [0.25, 0.3) is 0 Å². The van der Waals surface area contributed by atoms with E-state index in [1.807, 2.05) is 19.9 Å². The largest absolute Gasteiger partial charge is 0.384 e. The average molecular weight is 312 g/mol. The lowest BCUT2D eigenvalue weighted by Gasteiger charge is -2.46. The highest BCUT2D eigenvalue weighted by Crippen LogP contribution is 2.57. The Hall–Kier alpha value is -0.640. The maximum Gasteiger partial charge on any atom is 0.148 e. The van der Waals surface area contributed by atoms with Gasteiger partial charge in [0.1, 0.15) is 11.4 Å². The van der Waals surface area contributed by atoms with E-state index in [1.165, 1.54) is 0 Å². The summed E-state index contributed by atoms with van der Waals surface area (Å²) in [5.74, 6) is -0.348. The van der Waals surface area contributed by atoms with Gasteiger partial charge in [-0.05, 0) is 56.9 Å². The van der Waals surface area contributed by atoms with Crippen molar-refractivity contribution in [1.29, 1.82) is 0 Å². The second-order valence-corrected chi connectivity index (χ2v) is 7.71. The minimum atomic E-state index is -1.13. The molecule has 1 fully saturated rings. The zero-order valence-corrected chi connectivity index (χ0v) is 13.7. The van der Waals surface area contributed by atoms with E-state index in [2.05, 4.69) is 11.9 Å². The molecule has 116 valence electrons. The van der Waals surface area contributed by atoms with Crippen molar-refractivity contribution in [2.75, 3.05) is 20.1 Å². The molecule has 0 radical (unpaired) electrons. The smallest absolute Gasteiger partial charge is 0.148 e. The Bertz CT molecular complexity index is 566. The SMILES string of the molecule is CN1CCC(C2(O)c3c(ccc(Cl)c3F)CC2(C)C)CC1. The summed E-state index contributed by atoms with van der Waals surface area (Å²) in [5.41, 5.74) is -0.141. The summed E-state index contributed by atoms with van der Waals surface area (Å²) in [4.78, 5) is 2.26. The van der Waals surface area contributed by atoms with Gasteiger partial charge in [0.2, 0.25) is 0 Å². The van der Waals surface area contributed by atoms with Crippen LogP contribution in [0.3, 0.4) is 0 Å². The molecule has 2 nitrogen and oxygen atoms in total. The predicted molar refractivity (Wildman–Crippen MR) is 83.0 cm³/mol. The van der Waals surface area contributed by atoms with Crippen LogP contribution in [0, 0.1) is 17.2 Å². The lowest BCUT2D eigenvalue weighted by molar-refractivity contribution is -0.123. The topological polar surface area (TPSA) is 23.5 Å². The first-order valence-electron chi connectivity index (χ1n) is 7.65. The van der Waals surface area contributed by atoms with Crippen LogP contribution in [-0.4, -0.2) is 30.1 Å². The van der Waals surface area contributed by atoms with Gasteiger partial charge in [0.15, 0.2) is 0 Å². The van der Waals surface area contributed by atoms with E-state index in [-0.39, 0.29) is 16.4 Å². The molecule has 1 aromatic carbocycles. The summed E-state index contributed by atoms with van der Waals surface area (Å²) >= 11 is 5.98. The molecule has 1 aromatic rings. The van der Waals surface area contributed by atoms with Crippen molar-refractivity contribution in [2.24, 2.45) is 11.3 Å². The summed E-state index contributed by atoms with van der Waals surface area (Å²) in [6.45, 7) is 5.97. The average Bonchev–Trinajstić information content (AvgIpc) is 2.63. The summed E-state index contributed by atoms with van der Waals surface area (Å²) < 4.78 is 14.7. The lowest BCUT2D eigenvalue weighted by atomic mass is 9.65. The number of aliphatic hydroxyl groups is 1. The molecule has 3 rings (SSSR count). The molecule has 1 aliphatic carbocycles. The van der Waals surface area contributed by atoms with Crippen molar-refractivity contribution >= 4 is 11.6 Å². The number of hydrogen-bond donors (Lipinski definition) is 1. The number of piperidine rings is 1. The monoisotopic (exact) mass is 311 g/mol. The van der Waals surface area contributed by atoms with Gasteiger partial charge in [-0.1, -0.05) is 31.5 Å². The summed E-state index contributed by atoms with van der Waals surface area (Å²) in [7, 11) is 2.09. The van der Waals surface area contributed by atoms with E-state index in [0.29, 0.717) is 12.0 Å². The Morgan fingerprint density at radius 2 is 1.90 bits per heavy atom. The minimum Gasteiger partial charge on any atom is -0.384 e. The Morgan fingerprint density at radius 1 is 1.29 bits per heavy atom. The van der Waals surface area contributed by atoms with Gasteiger partial charge in [-0.15, -0.1) is 0 Å². The van der Waals surface area contributed by atoms with Crippen molar-refractivity contribution in [2.45, 2.75) is 38.7 Å². The van der Waals surface area contributed by atoms with Crippen LogP contribution in [-0.2, 0) is 12.0 Å². The molecule has 1 saturated heterocycles. The fourth-order valence-electron chi connectivity index (χ4n) is 4.28. The first-order valence-corrected chi connectivity index (χ1v) is 8.03. The van der Waals surface area contributed by atoms with Crippen molar-refractivity contribution in [3.63, 3.8) is 0 Å². The highest BCUT2D eigenvalue weighted by molar-refractivity contribution is 6.30. The Labute approximate surface area is 130 Å². The minimum absolute atomic E-state index is 0.0814. The van der Waals surface area contributed by atoms with E-state index in [4.69, 9.17) is 11.6 Å². The van der Waals surface area contributed by atoms with Crippen LogP contribution in [0.15, 0.2) is 12.1 Å². The summed E-state index contributed by atoms with van der Waals surface area (Å²) in [5, 5.41) is 11.7.